The standard InChI is InChI=1S/C16H21NO5/c1-3-8-22-12-6-4-11(5-7-12)9-16(15(19)21-2)10-13(16)14(18)17-20/h4-7,13,20H,3,8-10H2,1-2H3,(H,17,18)/t13-,16+/m1/s1. The van der Waals surface area contributed by atoms with Crippen molar-refractivity contribution in [1.29, 1.82) is 0 Å². The van der Waals surface area contributed by atoms with Crippen molar-refractivity contribution in [3.05, 3.63) is 29.8 Å². The molecule has 6 heteroatoms. The highest BCUT2D eigenvalue weighted by Gasteiger charge is 2.64. The van der Waals surface area contributed by atoms with E-state index in [4.69, 9.17) is 14.7 Å². The Bertz CT molecular complexity index is 542. The minimum atomic E-state index is -0.882. The van der Waals surface area contributed by atoms with Crippen LogP contribution < -0.4 is 10.2 Å². The number of esters is 1. The van der Waals surface area contributed by atoms with E-state index in [0.717, 1.165) is 17.7 Å². The lowest BCUT2D eigenvalue weighted by Gasteiger charge is -2.15. The highest BCUT2D eigenvalue weighted by Crippen LogP contribution is 2.55. The van der Waals surface area contributed by atoms with Gasteiger partial charge in [-0.15, -0.1) is 0 Å². The van der Waals surface area contributed by atoms with Gasteiger partial charge in [0.25, 0.3) is 0 Å². The predicted molar refractivity (Wildman–Crippen MR) is 78.4 cm³/mol. The molecule has 0 spiro atoms. The zero-order chi connectivity index (χ0) is 16.2. The fourth-order valence-corrected chi connectivity index (χ4v) is 2.71. The first-order chi connectivity index (χ1) is 10.6. The van der Waals surface area contributed by atoms with E-state index in [2.05, 4.69) is 0 Å². The van der Waals surface area contributed by atoms with Crippen LogP contribution in [0.1, 0.15) is 25.3 Å². The third-order valence-corrected chi connectivity index (χ3v) is 4.01. The summed E-state index contributed by atoms with van der Waals surface area (Å²) in [7, 11) is 1.30. The van der Waals surface area contributed by atoms with Crippen molar-refractivity contribution in [2.24, 2.45) is 11.3 Å². The van der Waals surface area contributed by atoms with Crippen molar-refractivity contribution >= 4 is 11.9 Å². The van der Waals surface area contributed by atoms with Crippen LogP contribution in [0, 0.1) is 11.3 Å². The van der Waals surface area contributed by atoms with E-state index >= 15 is 0 Å². The number of nitrogens with one attached hydrogen (secondary N) is 1. The van der Waals surface area contributed by atoms with Gasteiger partial charge in [-0.25, -0.2) is 5.48 Å². The molecule has 0 bridgehead atoms. The van der Waals surface area contributed by atoms with E-state index in [9.17, 15) is 9.59 Å². The van der Waals surface area contributed by atoms with Gasteiger partial charge in [-0.3, -0.25) is 14.8 Å². The predicted octanol–water partition coefficient (Wildman–Crippen LogP) is 1.70. The summed E-state index contributed by atoms with van der Waals surface area (Å²) in [6, 6.07) is 7.45. The van der Waals surface area contributed by atoms with E-state index in [0.29, 0.717) is 19.4 Å². The van der Waals surface area contributed by atoms with Crippen molar-refractivity contribution in [2.45, 2.75) is 26.2 Å². The minimum absolute atomic E-state index is 0.375. The van der Waals surface area contributed by atoms with Crippen LogP contribution in [-0.2, 0) is 20.7 Å². The monoisotopic (exact) mass is 307 g/mol. The summed E-state index contributed by atoms with van der Waals surface area (Å²) >= 11 is 0. The molecule has 22 heavy (non-hydrogen) atoms. The number of amides is 1. The molecule has 1 fully saturated rings. The number of benzene rings is 1. The van der Waals surface area contributed by atoms with Gasteiger partial charge in [0.1, 0.15) is 5.75 Å². The molecule has 1 aromatic carbocycles. The maximum Gasteiger partial charge on any atom is 0.312 e. The average molecular weight is 307 g/mol. The molecule has 1 aliphatic carbocycles. The van der Waals surface area contributed by atoms with E-state index in [-0.39, 0.29) is 0 Å². The topological polar surface area (TPSA) is 84.9 Å². The summed E-state index contributed by atoms with van der Waals surface area (Å²) < 4.78 is 10.3. The second-order valence-corrected chi connectivity index (χ2v) is 5.55. The van der Waals surface area contributed by atoms with Gasteiger partial charge in [0, 0.05) is 0 Å². The third-order valence-electron chi connectivity index (χ3n) is 4.01. The van der Waals surface area contributed by atoms with E-state index < -0.39 is 23.2 Å². The molecular weight excluding hydrogens is 286 g/mol. The Labute approximate surface area is 129 Å². The maximum absolute atomic E-state index is 12.0. The molecule has 0 aliphatic heterocycles. The van der Waals surface area contributed by atoms with Gasteiger partial charge in [0.05, 0.1) is 25.0 Å². The molecule has 2 N–H and O–H groups in total. The maximum atomic E-state index is 12.0. The van der Waals surface area contributed by atoms with E-state index in [1.165, 1.54) is 7.11 Å². The number of carbonyl (C=O) groups is 2. The van der Waals surface area contributed by atoms with Crippen molar-refractivity contribution < 1.29 is 24.3 Å². The molecule has 0 saturated heterocycles. The van der Waals surface area contributed by atoms with Gasteiger partial charge in [-0.1, -0.05) is 19.1 Å². The molecule has 0 radical (unpaired) electrons. The summed E-state index contributed by atoms with van der Waals surface area (Å²) in [6.07, 6.45) is 1.71. The fourth-order valence-electron chi connectivity index (χ4n) is 2.71. The number of hydroxylamine groups is 1. The lowest BCUT2D eigenvalue weighted by molar-refractivity contribution is -0.149. The summed E-state index contributed by atoms with van der Waals surface area (Å²) in [5, 5.41) is 8.75. The van der Waals surface area contributed by atoms with Crippen LogP contribution in [0.25, 0.3) is 0 Å². The molecule has 1 aliphatic rings. The number of carbonyl (C=O) groups excluding carboxylic acids is 2. The summed E-state index contributed by atoms with van der Waals surface area (Å²) in [5.74, 6) is -0.750. The number of ether oxygens (including phenoxy) is 2. The van der Waals surface area contributed by atoms with Gasteiger partial charge < -0.3 is 9.47 Å². The van der Waals surface area contributed by atoms with Gasteiger partial charge in [-0.2, -0.15) is 0 Å². The first-order valence-corrected chi connectivity index (χ1v) is 7.31. The number of hydrogen-bond acceptors (Lipinski definition) is 5. The molecule has 0 aromatic heterocycles. The van der Waals surface area contributed by atoms with Gasteiger partial charge >= 0.3 is 5.97 Å². The first kappa shape index (κ1) is 16.3. The van der Waals surface area contributed by atoms with Gasteiger partial charge in [-0.05, 0) is 37.0 Å². The number of methoxy groups -OCH3 is 1. The van der Waals surface area contributed by atoms with Crippen molar-refractivity contribution in [1.82, 2.24) is 5.48 Å². The third kappa shape index (κ3) is 3.22. The lowest BCUT2D eigenvalue weighted by Crippen LogP contribution is -2.30. The van der Waals surface area contributed by atoms with Gasteiger partial charge in [0.2, 0.25) is 5.91 Å². The molecule has 2 rings (SSSR count). The SMILES string of the molecule is CCCOc1ccc(C[C@]2(C(=O)OC)C[C@@H]2C(=O)NO)cc1. The van der Waals surface area contributed by atoms with Crippen LogP contribution >= 0.6 is 0 Å². The summed E-state index contributed by atoms with van der Waals surface area (Å²) in [6.45, 7) is 2.69. The smallest absolute Gasteiger partial charge is 0.312 e. The van der Waals surface area contributed by atoms with Crippen LogP contribution in [0.4, 0.5) is 0 Å². The normalized spacial score (nSPS) is 22.8. The Morgan fingerprint density at radius 1 is 1.36 bits per heavy atom. The number of rotatable bonds is 7. The highest BCUT2D eigenvalue weighted by atomic mass is 16.5. The van der Waals surface area contributed by atoms with Crippen LogP contribution in [-0.4, -0.2) is 30.8 Å². The van der Waals surface area contributed by atoms with Crippen molar-refractivity contribution in [3.63, 3.8) is 0 Å². The molecule has 1 amide bonds. The van der Waals surface area contributed by atoms with Gasteiger partial charge in [0.15, 0.2) is 0 Å². The quantitative estimate of drug-likeness (QED) is 0.455. The van der Waals surface area contributed by atoms with E-state index in [1.54, 1.807) is 5.48 Å². The second kappa shape index (κ2) is 6.79. The molecule has 120 valence electrons. The Hall–Kier alpha value is -2.08. The molecule has 1 aromatic rings. The van der Waals surface area contributed by atoms with Crippen LogP contribution in [0.3, 0.4) is 0 Å². The van der Waals surface area contributed by atoms with Crippen molar-refractivity contribution in [3.8, 4) is 5.75 Å². The molecular formula is C16H21NO5. The lowest BCUT2D eigenvalue weighted by atomic mass is 9.93. The average Bonchev–Trinajstić information content (AvgIpc) is 3.28. The highest BCUT2D eigenvalue weighted by molar-refractivity contribution is 5.93. The fraction of sp³-hybridized carbons (Fsp3) is 0.500. The Morgan fingerprint density at radius 2 is 2.05 bits per heavy atom. The van der Waals surface area contributed by atoms with Crippen molar-refractivity contribution in [2.75, 3.05) is 13.7 Å². The van der Waals surface area contributed by atoms with Crippen LogP contribution in [0.15, 0.2) is 24.3 Å². The second-order valence-electron chi connectivity index (χ2n) is 5.55. The molecule has 0 unspecified atom stereocenters. The summed E-state index contributed by atoms with van der Waals surface area (Å²) in [4.78, 5) is 23.6. The van der Waals surface area contributed by atoms with E-state index in [1.807, 2.05) is 31.2 Å². The largest absolute Gasteiger partial charge is 0.494 e. The Balaban J connectivity index is 2.09. The zero-order valence-electron chi connectivity index (χ0n) is 12.8. The Morgan fingerprint density at radius 3 is 2.59 bits per heavy atom. The number of hydrogen-bond donors (Lipinski definition) is 2. The molecule has 2 atom stereocenters. The molecule has 6 nitrogen and oxygen atoms in total. The van der Waals surface area contributed by atoms with Crippen LogP contribution in [0.5, 0.6) is 5.75 Å². The zero-order valence-corrected chi connectivity index (χ0v) is 12.8. The molecule has 1 saturated carbocycles. The molecule has 0 heterocycles. The van der Waals surface area contributed by atoms with Crippen LogP contribution in [0.2, 0.25) is 0 Å². The first-order valence-electron chi connectivity index (χ1n) is 7.31. The Kier molecular flexibility index (Phi) is 5.03. The summed E-state index contributed by atoms with van der Waals surface area (Å²) in [5.41, 5.74) is 1.65. The minimum Gasteiger partial charge on any atom is -0.494 e.